The van der Waals surface area contributed by atoms with Gasteiger partial charge in [-0.05, 0) is 50.1 Å². The zero-order valence-electron chi connectivity index (χ0n) is 19.9. The van der Waals surface area contributed by atoms with Crippen molar-refractivity contribution in [1.82, 2.24) is 14.5 Å². The number of hydrogen-bond acceptors (Lipinski definition) is 6. The standard InChI is InChI=1S/C27H29N3O5/c1-3-34-21-11-9-19(10-12-21)24-23(25(31)20-7-5-8-22(17-20)35-4-2)26(32)27(33)30(24)15-6-14-29-16-13-28-18-29/h5,7-13,16-18,24,31H,3-4,6,14-15H2,1-2H3. The van der Waals surface area contributed by atoms with Gasteiger partial charge in [-0.2, -0.15) is 0 Å². The molecule has 0 bridgehead atoms. The zero-order valence-corrected chi connectivity index (χ0v) is 19.9. The maximum Gasteiger partial charge on any atom is 0.295 e. The molecule has 1 fully saturated rings. The summed E-state index contributed by atoms with van der Waals surface area (Å²) in [7, 11) is 0. The fourth-order valence-corrected chi connectivity index (χ4v) is 4.27. The highest BCUT2D eigenvalue weighted by Crippen LogP contribution is 2.40. The molecule has 1 aromatic heterocycles. The number of nitrogens with zero attached hydrogens (tertiary/aromatic N) is 3. The number of likely N-dealkylation sites (tertiary alicyclic amines) is 1. The van der Waals surface area contributed by atoms with Crippen LogP contribution in [0.4, 0.5) is 0 Å². The van der Waals surface area contributed by atoms with Gasteiger partial charge in [-0.25, -0.2) is 4.98 Å². The predicted molar refractivity (Wildman–Crippen MR) is 131 cm³/mol. The van der Waals surface area contributed by atoms with Gasteiger partial charge in [-0.3, -0.25) is 9.59 Å². The summed E-state index contributed by atoms with van der Waals surface area (Å²) < 4.78 is 13.0. The van der Waals surface area contributed by atoms with Gasteiger partial charge in [0.05, 0.1) is 31.2 Å². The van der Waals surface area contributed by atoms with E-state index in [-0.39, 0.29) is 11.3 Å². The third-order valence-corrected chi connectivity index (χ3v) is 5.84. The molecule has 2 aromatic carbocycles. The van der Waals surface area contributed by atoms with Crippen molar-refractivity contribution in [3.63, 3.8) is 0 Å². The van der Waals surface area contributed by atoms with Crippen LogP contribution in [0, 0.1) is 0 Å². The Morgan fingerprint density at radius 3 is 2.43 bits per heavy atom. The molecular weight excluding hydrogens is 446 g/mol. The summed E-state index contributed by atoms with van der Waals surface area (Å²) in [5.41, 5.74) is 1.21. The van der Waals surface area contributed by atoms with Crippen LogP contribution in [0.3, 0.4) is 0 Å². The Kier molecular flexibility index (Phi) is 7.50. The van der Waals surface area contributed by atoms with E-state index in [0.717, 1.165) is 5.56 Å². The largest absolute Gasteiger partial charge is 0.507 e. The lowest BCUT2D eigenvalue weighted by Gasteiger charge is -2.25. The van der Waals surface area contributed by atoms with Crippen molar-refractivity contribution >= 4 is 17.4 Å². The first-order chi connectivity index (χ1) is 17.0. The SMILES string of the molecule is CCOc1ccc(C2C(=C(O)c3cccc(OCC)c3)C(=O)C(=O)N2CCCn2ccnc2)cc1. The summed E-state index contributed by atoms with van der Waals surface area (Å²) in [5.74, 6) is -0.287. The predicted octanol–water partition coefficient (Wildman–Crippen LogP) is 4.19. The van der Waals surface area contributed by atoms with Gasteiger partial charge in [0.25, 0.3) is 11.7 Å². The molecule has 8 nitrogen and oxygen atoms in total. The highest BCUT2D eigenvalue weighted by Gasteiger charge is 2.45. The van der Waals surface area contributed by atoms with Crippen molar-refractivity contribution in [1.29, 1.82) is 0 Å². The number of aliphatic hydroxyl groups is 1. The highest BCUT2D eigenvalue weighted by atomic mass is 16.5. The number of ketones is 1. The molecule has 1 aliphatic heterocycles. The summed E-state index contributed by atoms with van der Waals surface area (Å²) in [5, 5.41) is 11.3. The number of rotatable bonds is 10. The first-order valence-corrected chi connectivity index (χ1v) is 11.7. The lowest BCUT2D eigenvalue weighted by molar-refractivity contribution is -0.139. The Labute approximate surface area is 204 Å². The van der Waals surface area contributed by atoms with Gasteiger partial charge in [-0.1, -0.05) is 24.3 Å². The quantitative estimate of drug-likeness (QED) is 0.268. The number of carbonyl (C=O) groups excluding carboxylic acids is 2. The van der Waals surface area contributed by atoms with Gasteiger partial charge >= 0.3 is 0 Å². The number of ether oxygens (including phenoxy) is 2. The van der Waals surface area contributed by atoms with Crippen LogP contribution in [0.1, 0.15) is 37.4 Å². The summed E-state index contributed by atoms with van der Waals surface area (Å²) in [4.78, 5) is 31.9. The van der Waals surface area contributed by atoms with Crippen LogP contribution < -0.4 is 9.47 Å². The van der Waals surface area contributed by atoms with Crippen molar-refractivity contribution in [2.75, 3.05) is 19.8 Å². The summed E-state index contributed by atoms with van der Waals surface area (Å²) in [6.45, 7) is 5.76. The first-order valence-electron chi connectivity index (χ1n) is 11.7. The van der Waals surface area contributed by atoms with Crippen LogP contribution in [-0.4, -0.2) is 51.0 Å². The molecule has 182 valence electrons. The maximum atomic E-state index is 13.2. The second-order valence-corrected chi connectivity index (χ2v) is 8.11. The summed E-state index contributed by atoms with van der Waals surface area (Å²) in [6, 6.07) is 13.4. The van der Waals surface area contributed by atoms with Gasteiger partial charge in [0.1, 0.15) is 17.3 Å². The summed E-state index contributed by atoms with van der Waals surface area (Å²) >= 11 is 0. The molecule has 1 unspecified atom stereocenters. The molecule has 1 saturated heterocycles. The molecule has 0 spiro atoms. The topological polar surface area (TPSA) is 93.9 Å². The number of hydrogen-bond donors (Lipinski definition) is 1. The van der Waals surface area contributed by atoms with Crippen LogP contribution in [0.15, 0.2) is 72.8 Å². The van der Waals surface area contributed by atoms with E-state index in [4.69, 9.17) is 9.47 Å². The normalized spacial score (nSPS) is 17.1. The smallest absolute Gasteiger partial charge is 0.295 e. The fourth-order valence-electron chi connectivity index (χ4n) is 4.27. The van der Waals surface area contributed by atoms with Crippen LogP contribution in [0.2, 0.25) is 0 Å². The van der Waals surface area contributed by atoms with Crippen LogP contribution >= 0.6 is 0 Å². The Balaban J connectivity index is 1.72. The van der Waals surface area contributed by atoms with Crippen LogP contribution in [0.25, 0.3) is 5.76 Å². The molecule has 0 saturated carbocycles. The number of Topliss-reactive ketones (excluding diaryl/α,β-unsaturated/α-hetero) is 1. The lowest BCUT2D eigenvalue weighted by atomic mass is 9.95. The number of benzene rings is 2. The molecule has 2 heterocycles. The fraction of sp³-hybridized carbons (Fsp3) is 0.296. The molecule has 4 rings (SSSR count). The number of carbonyl (C=O) groups is 2. The molecule has 0 radical (unpaired) electrons. The molecule has 1 aliphatic rings. The molecule has 0 aliphatic carbocycles. The Hall–Kier alpha value is -4.07. The number of aromatic nitrogens is 2. The van der Waals surface area contributed by atoms with Gasteiger partial charge < -0.3 is 24.0 Å². The number of aryl methyl sites for hydroxylation is 1. The van der Waals surface area contributed by atoms with E-state index in [1.54, 1.807) is 48.9 Å². The monoisotopic (exact) mass is 475 g/mol. The number of amides is 1. The van der Waals surface area contributed by atoms with Crippen molar-refractivity contribution in [2.24, 2.45) is 0 Å². The van der Waals surface area contributed by atoms with E-state index < -0.39 is 17.7 Å². The highest BCUT2D eigenvalue weighted by molar-refractivity contribution is 6.46. The minimum Gasteiger partial charge on any atom is -0.507 e. The van der Waals surface area contributed by atoms with E-state index in [9.17, 15) is 14.7 Å². The lowest BCUT2D eigenvalue weighted by Crippen LogP contribution is -2.31. The van der Waals surface area contributed by atoms with Crippen molar-refractivity contribution in [3.8, 4) is 11.5 Å². The summed E-state index contributed by atoms with van der Waals surface area (Å²) in [6.07, 6.45) is 5.88. The molecule has 1 N–H and O–H groups in total. The van der Waals surface area contributed by atoms with Crippen molar-refractivity contribution in [2.45, 2.75) is 32.9 Å². The van der Waals surface area contributed by atoms with E-state index >= 15 is 0 Å². The molecule has 35 heavy (non-hydrogen) atoms. The van der Waals surface area contributed by atoms with E-state index in [2.05, 4.69) is 4.98 Å². The molecule has 1 amide bonds. The molecule has 1 atom stereocenters. The second kappa shape index (κ2) is 10.9. The second-order valence-electron chi connectivity index (χ2n) is 8.11. The van der Waals surface area contributed by atoms with Gasteiger partial charge in [0.2, 0.25) is 0 Å². The van der Waals surface area contributed by atoms with Crippen LogP contribution in [-0.2, 0) is 16.1 Å². The minimum absolute atomic E-state index is 0.0652. The average Bonchev–Trinajstić information content (AvgIpc) is 3.47. The van der Waals surface area contributed by atoms with Crippen molar-refractivity contribution in [3.05, 3.63) is 84.0 Å². The number of aliphatic hydroxyl groups excluding tert-OH is 1. The number of imidazole rings is 1. The van der Waals surface area contributed by atoms with Crippen molar-refractivity contribution < 1.29 is 24.2 Å². The van der Waals surface area contributed by atoms with E-state index in [1.807, 2.05) is 36.7 Å². The Morgan fingerprint density at radius 2 is 1.74 bits per heavy atom. The van der Waals surface area contributed by atoms with E-state index in [0.29, 0.717) is 49.8 Å². The third kappa shape index (κ3) is 5.21. The first kappa shape index (κ1) is 24.1. The third-order valence-electron chi connectivity index (χ3n) is 5.84. The zero-order chi connectivity index (χ0) is 24.8. The average molecular weight is 476 g/mol. The Bertz CT molecular complexity index is 1200. The Morgan fingerprint density at radius 1 is 1.00 bits per heavy atom. The minimum atomic E-state index is -0.718. The molecule has 3 aromatic rings. The van der Waals surface area contributed by atoms with E-state index in [1.165, 1.54) is 4.90 Å². The van der Waals surface area contributed by atoms with Crippen LogP contribution in [0.5, 0.6) is 11.5 Å². The van der Waals surface area contributed by atoms with Gasteiger partial charge in [0, 0.05) is 31.0 Å². The maximum absolute atomic E-state index is 13.2. The molecular formula is C27H29N3O5. The van der Waals surface area contributed by atoms with Gasteiger partial charge in [0.15, 0.2) is 0 Å². The molecule has 8 heteroatoms. The van der Waals surface area contributed by atoms with Gasteiger partial charge in [-0.15, -0.1) is 0 Å².